The normalized spacial score (nSPS) is 11.4. The van der Waals surface area contributed by atoms with Gasteiger partial charge in [-0.1, -0.05) is 13.8 Å². The zero-order valence-corrected chi connectivity index (χ0v) is 15.6. The molecule has 0 saturated heterocycles. The lowest BCUT2D eigenvalue weighted by Gasteiger charge is -2.15. The number of rotatable bonds is 7. The van der Waals surface area contributed by atoms with Crippen LogP contribution in [0.15, 0.2) is 54.7 Å². The summed E-state index contributed by atoms with van der Waals surface area (Å²) >= 11 is 0. The molecule has 0 unspecified atom stereocenters. The molecule has 0 aliphatic rings. The summed E-state index contributed by atoms with van der Waals surface area (Å²) in [5, 5.41) is 6.94. The van der Waals surface area contributed by atoms with Gasteiger partial charge in [-0.25, -0.2) is 4.98 Å². The number of imidazole rings is 1. The second kappa shape index (κ2) is 7.63. The second-order valence-corrected chi connectivity index (χ2v) is 6.42. The molecule has 0 spiro atoms. The van der Waals surface area contributed by atoms with Crippen LogP contribution >= 0.6 is 0 Å². The minimum absolute atomic E-state index is 0.776. The highest BCUT2D eigenvalue weighted by Crippen LogP contribution is 2.27. The molecule has 4 rings (SSSR count). The van der Waals surface area contributed by atoms with E-state index in [0.717, 1.165) is 59.2 Å². The maximum Gasteiger partial charge on any atom is 0.129 e. The number of aromatic amines is 2. The van der Waals surface area contributed by atoms with Gasteiger partial charge in [-0.15, -0.1) is 0 Å². The summed E-state index contributed by atoms with van der Waals surface area (Å²) in [5.41, 5.74) is 4.01. The molecule has 2 N–H and O–H groups in total. The number of hydrogen-bond acceptors (Lipinski definition) is 4. The third kappa shape index (κ3) is 3.85. The Morgan fingerprint density at radius 1 is 0.963 bits per heavy atom. The Labute approximate surface area is 158 Å². The molecule has 0 amide bonds. The molecular formula is C21H23N5O. The molecule has 0 saturated carbocycles. The van der Waals surface area contributed by atoms with Crippen molar-refractivity contribution >= 4 is 11.0 Å². The van der Waals surface area contributed by atoms with Gasteiger partial charge in [-0.2, -0.15) is 5.10 Å². The van der Waals surface area contributed by atoms with Crippen molar-refractivity contribution in [2.45, 2.75) is 20.4 Å². The van der Waals surface area contributed by atoms with Crippen molar-refractivity contribution in [3.05, 3.63) is 60.6 Å². The van der Waals surface area contributed by atoms with Crippen LogP contribution in [0.4, 0.5) is 0 Å². The monoisotopic (exact) mass is 361 g/mol. The van der Waals surface area contributed by atoms with E-state index >= 15 is 0 Å². The number of ether oxygens (including phenoxy) is 1. The molecule has 6 nitrogen and oxygen atoms in total. The molecule has 2 heterocycles. The van der Waals surface area contributed by atoms with Gasteiger partial charge in [-0.3, -0.25) is 10.00 Å². The number of H-pyrrole nitrogens is 2. The van der Waals surface area contributed by atoms with E-state index in [9.17, 15) is 0 Å². The van der Waals surface area contributed by atoms with Crippen LogP contribution in [0.1, 0.15) is 19.7 Å². The summed E-state index contributed by atoms with van der Waals surface area (Å²) in [4.78, 5) is 10.4. The van der Waals surface area contributed by atoms with Crippen LogP contribution in [0.3, 0.4) is 0 Å². The van der Waals surface area contributed by atoms with E-state index in [2.05, 4.69) is 33.9 Å². The van der Waals surface area contributed by atoms with Crippen molar-refractivity contribution in [3.8, 4) is 22.8 Å². The average molecular weight is 361 g/mol. The number of fused-ring (bicyclic) bond motifs is 1. The molecule has 4 aromatic rings. The Hall–Kier alpha value is -3.12. The van der Waals surface area contributed by atoms with Gasteiger partial charge >= 0.3 is 0 Å². The Bertz CT molecular complexity index is 1000. The molecule has 0 fully saturated rings. The summed E-state index contributed by atoms with van der Waals surface area (Å²) in [7, 11) is 0. The fourth-order valence-corrected chi connectivity index (χ4v) is 3.09. The van der Waals surface area contributed by atoms with Gasteiger partial charge in [0.1, 0.15) is 17.3 Å². The molecule has 0 radical (unpaired) electrons. The molecule has 0 atom stereocenters. The average Bonchev–Trinajstić information content (AvgIpc) is 3.36. The smallest absolute Gasteiger partial charge is 0.129 e. The zero-order chi connectivity index (χ0) is 18.6. The highest BCUT2D eigenvalue weighted by Gasteiger charge is 2.08. The molecule has 2 aromatic carbocycles. The van der Waals surface area contributed by atoms with Gasteiger partial charge < -0.3 is 9.72 Å². The standard InChI is InChI=1S/C21H23N5O/c1-3-26(4-2)14-21-23-19-10-9-17(13-20(19)24-21)27-16-7-5-15(6-8-16)18-11-12-22-25-18/h5-13H,3-4,14H2,1-2H3,(H,22,25)(H,23,24). The van der Waals surface area contributed by atoms with E-state index in [-0.39, 0.29) is 0 Å². The van der Waals surface area contributed by atoms with Crippen LogP contribution in [-0.4, -0.2) is 38.2 Å². The Kier molecular flexibility index (Phi) is 4.89. The zero-order valence-electron chi connectivity index (χ0n) is 15.6. The molecule has 0 aliphatic carbocycles. The summed E-state index contributed by atoms with van der Waals surface area (Å²) in [6, 6.07) is 15.8. The van der Waals surface area contributed by atoms with Crippen molar-refractivity contribution in [2.75, 3.05) is 13.1 Å². The predicted molar refractivity (Wildman–Crippen MR) is 107 cm³/mol. The fourth-order valence-electron chi connectivity index (χ4n) is 3.09. The SMILES string of the molecule is CCN(CC)Cc1nc2cc(Oc3ccc(-c4ccn[nH]4)cc3)ccc2[nH]1. The van der Waals surface area contributed by atoms with Crippen molar-refractivity contribution in [1.29, 1.82) is 0 Å². The Balaban J connectivity index is 1.50. The van der Waals surface area contributed by atoms with Gasteiger partial charge in [0.25, 0.3) is 0 Å². The number of nitrogens with one attached hydrogen (secondary N) is 2. The second-order valence-electron chi connectivity index (χ2n) is 6.42. The van der Waals surface area contributed by atoms with Gasteiger partial charge in [0.2, 0.25) is 0 Å². The molecule has 0 aliphatic heterocycles. The molecule has 6 heteroatoms. The first-order valence-electron chi connectivity index (χ1n) is 9.24. The van der Waals surface area contributed by atoms with Crippen LogP contribution in [0.25, 0.3) is 22.3 Å². The van der Waals surface area contributed by atoms with Crippen LogP contribution in [0.5, 0.6) is 11.5 Å². The number of nitrogens with zero attached hydrogens (tertiary/aromatic N) is 3. The van der Waals surface area contributed by atoms with E-state index in [0.29, 0.717) is 0 Å². The van der Waals surface area contributed by atoms with E-state index in [1.165, 1.54) is 0 Å². The highest BCUT2D eigenvalue weighted by molar-refractivity contribution is 5.77. The summed E-state index contributed by atoms with van der Waals surface area (Å²) < 4.78 is 6.00. The van der Waals surface area contributed by atoms with E-state index in [1.54, 1.807) is 6.20 Å². The fraction of sp³-hybridized carbons (Fsp3) is 0.238. The summed E-state index contributed by atoms with van der Waals surface area (Å²) in [5.74, 6) is 2.55. The van der Waals surface area contributed by atoms with Crippen LogP contribution < -0.4 is 4.74 Å². The summed E-state index contributed by atoms with van der Waals surface area (Å²) in [6.07, 6.45) is 1.74. The first-order chi connectivity index (χ1) is 13.2. The topological polar surface area (TPSA) is 69.8 Å². The maximum atomic E-state index is 6.00. The number of benzene rings is 2. The molecule has 0 bridgehead atoms. The lowest BCUT2D eigenvalue weighted by molar-refractivity contribution is 0.289. The van der Waals surface area contributed by atoms with Gasteiger partial charge in [-0.05, 0) is 61.1 Å². The third-order valence-electron chi connectivity index (χ3n) is 4.67. The van der Waals surface area contributed by atoms with Crippen molar-refractivity contribution < 1.29 is 4.74 Å². The maximum absolute atomic E-state index is 6.00. The first kappa shape index (κ1) is 17.3. The lowest BCUT2D eigenvalue weighted by Crippen LogP contribution is -2.22. The van der Waals surface area contributed by atoms with Crippen LogP contribution in [-0.2, 0) is 6.54 Å². The molecule has 2 aromatic heterocycles. The largest absolute Gasteiger partial charge is 0.457 e. The van der Waals surface area contributed by atoms with Gasteiger partial charge in [0.15, 0.2) is 0 Å². The third-order valence-corrected chi connectivity index (χ3v) is 4.67. The minimum Gasteiger partial charge on any atom is -0.457 e. The van der Waals surface area contributed by atoms with Gasteiger partial charge in [0, 0.05) is 12.3 Å². The van der Waals surface area contributed by atoms with Crippen LogP contribution in [0, 0.1) is 0 Å². The predicted octanol–water partition coefficient (Wildman–Crippen LogP) is 4.59. The highest BCUT2D eigenvalue weighted by atomic mass is 16.5. The number of aromatic nitrogens is 4. The first-order valence-corrected chi connectivity index (χ1v) is 9.24. The van der Waals surface area contributed by atoms with E-state index in [1.807, 2.05) is 48.5 Å². The Morgan fingerprint density at radius 2 is 1.74 bits per heavy atom. The van der Waals surface area contributed by atoms with Crippen molar-refractivity contribution in [3.63, 3.8) is 0 Å². The Morgan fingerprint density at radius 3 is 2.44 bits per heavy atom. The quantitative estimate of drug-likeness (QED) is 0.505. The minimum atomic E-state index is 0.776. The molecule has 138 valence electrons. The lowest BCUT2D eigenvalue weighted by atomic mass is 10.1. The van der Waals surface area contributed by atoms with Crippen molar-refractivity contribution in [1.82, 2.24) is 25.1 Å². The number of hydrogen-bond donors (Lipinski definition) is 2. The van der Waals surface area contributed by atoms with E-state index in [4.69, 9.17) is 9.72 Å². The summed E-state index contributed by atoms with van der Waals surface area (Å²) in [6.45, 7) is 7.17. The van der Waals surface area contributed by atoms with E-state index < -0.39 is 0 Å². The molecule has 27 heavy (non-hydrogen) atoms. The molecular weight excluding hydrogens is 338 g/mol. The van der Waals surface area contributed by atoms with Crippen LogP contribution in [0.2, 0.25) is 0 Å². The van der Waals surface area contributed by atoms with Crippen molar-refractivity contribution in [2.24, 2.45) is 0 Å². The van der Waals surface area contributed by atoms with Gasteiger partial charge in [0.05, 0.1) is 23.3 Å².